The number of thiophene rings is 1. The maximum absolute atomic E-state index is 6.79. The molecule has 10 rings (SSSR count). The van der Waals surface area contributed by atoms with E-state index >= 15 is 0 Å². The third-order valence-corrected chi connectivity index (χ3v) is 10.6. The molecule has 0 bridgehead atoms. The van der Waals surface area contributed by atoms with Gasteiger partial charge in [-0.25, -0.2) is 15.0 Å². The average molecular weight is 658 g/mol. The molecule has 0 saturated heterocycles. The molecule has 5 heteroatoms. The van der Waals surface area contributed by atoms with Crippen molar-refractivity contribution in [1.29, 1.82) is 0 Å². The lowest BCUT2D eigenvalue weighted by Crippen LogP contribution is -2.00. The summed E-state index contributed by atoms with van der Waals surface area (Å²) in [6, 6.07) is 56.8. The normalized spacial score (nSPS) is 11.6. The first-order valence-corrected chi connectivity index (χ1v) is 17.4. The van der Waals surface area contributed by atoms with Crippen molar-refractivity contribution in [2.75, 3.05) is 0 Å². The van der Waals surface area contributed by atoms with Gasteiger partial charge in [-0.1, -0.05) is 133 Å². The van der Waals surface area contributed by atoms with E-state index in [0.717, 1.165) is 49.8 Å². The molecule has 0 radical (unpaired) electrons. The SMILES string of the molecule is c1ccc(-c2nc(-c3ccccc3)nc(-c3ccc4c(c3)oc3c(-c5cc(-c6ccccc6)c6sc7ccccc7c6c5)cccc34)n2)cc1. The zero-order valence-electron chi connectivity index (χ0n) is 26.7. The molecule has 0 fully saturated rings. The van der Waals surface area contributed by atoms with Crippen molar-refractivity contribution in [3.63, 3.8) is 0 Å². The zero-order valence-corrected chi connectivity index (χ0v) is 27.6. The number of furan rings is 1. The van der Waals surface area contributed by atoms with Gasteiger partial charge in [-0.2, -0.15) is 0 Å². The maximum atomic E-state index is 6.79. The van der Waals surface area contributed by atoms with Crippen LogP contribution in [0, 0.1) is 0 Å². The van der Waals surface area contributed by atoms with Gasteiger partial charge in [0.05, 0.1) is 0 Å². The van der Waals surface area contributed by atoms with Crippen molar-refractivity contribution < 1.29 is 4.42 Å². The van der Waals surface area contributed by atoms with Crippen LogP contribution in [-0.4, -0.2) is 15.0 Å². The Balaban J connectivity index is 1.15. The van der Waals surface area contributed by atoms with Crippen molar-refractivity contribution >= 4 is 53.4 Å². The van der Waals surface area contributed by atoms with Crippen LogP contribution in [0.2, 0.25) is 0 Å². The first kappa shape index (κ1) is 28.6. The summed E-state index contributed by atoms with van der Waals surface area (Å²) in [5, 5.41) is 4.66. The van der Waals surface area contributed by atoms with Gasteiger partial charge in [-0.15, -0.1) is 11.3 Å². The summed E-state index contributed by atoms with van der Waals surface area (Å²) in [5.74, 6) is 1.86. The highest BCUT2D eigenvalue weighted by molar-refractivity contribution is 7.26. The second-order valence-corrected chi connectivity index (χ2v) is 13.5. The van der Waals surface area contributed by atoms with Gasteiger partial charge in [0.1, 0.15) is 11.2 Å². The molecule has 0 aliphatic rings. The Bertz CT molecular complexity index is 2800. The highest BCUT2D eigenvalue weighted by atomic mass is 32.1. The van der Waals surface area contributed by atoms with Gasteiger partial charge in [0.25, 0.3) is 0 Å². The summed E-state index contributed by atoms with van der Waals surface area (Å²) in [7, 11) is 0. The number of fused-ring (bicyclic) bond motifs is 6. The molecule has 0 saturated carbocycles. The number of para-hydroxylation sites is 1. The quantitative estimate of drug-likeness (QED) is 0.185. The van der Waals surface area contributed by atoms with Gasteiger partial charge < -0.3 is 4.42 Å². The fourth-order valence-corrected chi connectivity index (χ4v) is 8.14. The van der Waals surface area contributed by atoms with Gasteiger partial charge >= 0.3 is 0 Å². The van der Waals surface area contributed by atoms with Crippen molar-refractivity contribution in [3.05, 3.63) is 164 Å². The first-order valence-electron chi connectivity index (χ1n) is 16.6. The molecular formula is C45H27N3OS. The van der Waals surface area contributed by atoms with Gasteiger partial charge in [0.15, 0.2) is 17.5 Å². The largest absolute Gasteiger partial charge is 0.455 e. The number of rotatable bonds is 5. The van der Waals surface area contributed by atoms with Crippen LogP contribution in [0.3, 0.4) is 0 Å². The minimum absolute atomic E-state index is 0.600. The Morgan fingerprint density at radius 2 is 0.980 bits per heavy atom. The minimum atomic E-state index is 0.600. The highest BCUT2D eigenvalue weighted by Gasteiger charge is 2.19. The molecule has 50 heavy (non-hydrogen) atoms. The Kier molecular flexibility index (Phi) is 6.64. The molecule has 7 aromatic carbocycles. The van der Waals surface area contributed by atoms with Crippen LogP contribution in [-0.2, 0) is 0 Å². The van der Waals surface area contributed by atoms with Crippen LogP contribution in [0.5, 0.6) is 0 Å². The first-order chi connectivity index (χ1) is 24.8. The zero-order chi connectivity index (χ0) is 33.0. The predicted molar refractivity (Wildman–Crippen MR) is 207 cm³/mol. The topological polar surface area (TPSA) is 51.8 Å². The van der Waals surface area contributed by atoms with E-state index in [2.05, 4.69) is 103 Å². The van der Waals surface area contributed by atoms with E-state index in [1.54, 1.807) is 0 Å². The Morgan fingerprint density at radius 1 is 0.380 bits per heavy atom. The molecule has 0 unspecified atom stereocenters. The van der Waals surface area contributed by atoms with Crippen LogP contribution in [0.25, 0.3) is 98.5 Å². The monoisotopic (exact) mass is 657 g/mol. The van der Waals surface area contributed by atoms with E-state index in [9.17, 15) is 0 Å². The molecule has 10 aromatic rings. The predicted octanol–water partition coefficient (Wildman–Crippen LogP) is 12.5. The molecule has 3 aromatic heterocycles. The molecule has 0 aliphatic heterocycles. The smallest absolute Gasteiger partial charge is 0.164 e. The van der Waals surface area contributed by atoms with Crippen LogP contribution < -0.4 is 0 Å². The number of hydrogen-bond acceptors (Lipinski definition) is 5. The minimum Gasteiger partial charge on any atom is -0.455 e. The molecule has 3 heterocycles. The Labute approximate surface area is 292 Å². The second-order valence-electron chi connectivity index (χ2n) is 12.4. The van der Waals surface area contributed by atoms with Gasteiger partial charge in [-0.3, -0.25) is 0 Å². The summed E-state index contributed by atoms with van der Waals surface area (Å²) in [6.07, 6.45) is 0. The number of hydrogen-bond donors (Lipinski definition) is 0. The van der Waals surface area contributed by atoms with Crippen LogP contribution in [0.15, 0.2) is 168 Å². The third-order valence-electron chi connectivity index (χ3n) is 9.33. The molecule has 234 valence electrons. The Morgan fingerprint density at radius 3 is 1.68 bits per heavy atom. The van der Waals surface area contributed by atoms with Crippen molar-refractivity contribution in [2.45, 2.75) is 0 Å². The summed E-state index contributed by atoms with van der Waals surface area (Å²) in [5.41, 5.74) is 9.02. The standard InChI is InChI=1S/C45H27N3OS/c1-4-13-28(14-5-1)37-25-32(26-38-35-19-10-11-22-40(35)50-42(37)38)33-20-12-21-36-34-24-23-31(27-39(34)49-41(33)36)45-47-43(29-15-6-2-7-16-29)46-44(48-45)30-17-8-3-9-18-30/h1-27H. The molecular weight excluding hydrogens is 631 g/mol. The molecule has 4 nitrogen and oxygen atoms in total. The van der Waals surface area contributed by atoms with Crippen molar-refractivity contribution in [2.24, 2.45) is 0 Å². The molecule has 0 amide bonds. The van der Waals surface area contributed by atoms with Crippen LogP contribution >= 0.6 is 11.3 Å². The maximum Gasteiger partial charge on any atom is 0.164 e. The van der Waals surface area contributed by atoms with Crippen LogP contribution in [0.1, 0.15) is 0 Å². The van der Waals surface area contributed by atoms with E-state index in [-0.39, 0.29) is 0 Å². The van der Waals surface area contributed by atoms with E-state index in [1.807, 2.05) is 72.0 Å². The van der Waals surface area contributed by atoms with Gasteiger partial charge in [0, 0.05) is 58.8 Å². The number of benzene rings is 7. The van der Waals surface area contributed by atoms with Gasteiger partial charge in [-0.05, 0) is 41.5 Å². The lowest BCUT2D eigenvalue weighted by molar-refractivity contribution is 0.670. The molecule has 0 atom stereocenters. The van der Waals surface area contributed by atoms with E-state index < -0.39 is 0 Å². The number of nitrogens with zero attached hydrogens (tertiary/aromatic N) is 3. The second kappa shape index (κ2) is 11.6. The highest BCUT2D eigenvalue weighted by Crippen LogP contribution is 2.45. The summed E-state index contributed by atoms with van der Waals surface area (Å²) in [6.45, 7) is 0. The van der Waals surface area contributed by atoms with E-state index in [1.165, 1.54) is 31.3 Å². The number of aromatic nitrogens is 3. The van der Waals surface area contributed by atoms with E-state index in [4.69, 9.17) is 19.4 Å². The van der Waals surface area contributed by atoms with Crippen molar-refractivity contribution in [3.8, 4) is 56.4 Å². The average Bonchev–Trinajstić information content (AvgIpc) is 3.76. The summed E-state index contributed by atoms with van der Waals surface area (Å²) < 4.78 is 9.37. The molecule has 0 spiro atoms. The third kappa shape index (κ3) is 4.79. The fraction of sp³-hybridized carbons (Fsp3) is 0. The van der Waals surface area contributed by atoms with Gasteiger partial charge in [0.2, 0.25) is 0 Å². The Hall–Kier alpha value is -6.43. The summed E-state index contributed by atoms with van der Waals surface area (Å²) >= 11 is 1.85. The molecule has 0 aliphatic carbocycles. The molecule has 0 N–H and O–H groups in total. The summed E-state index contributed by atoms with van der Waals surface area (Å²) in [4.78, 5) is 14.8. The van der Waals surface area contributed by atoms with Crippen molar-refractivity contribution in [1.82, 2.24) is 15.0 Å². The fourth-order valence-electron chi connectivity index (χ4n) is 6.92. The lowest BCUT2D eigenvalue weighted by atomic mass is 9.95. The van der Waals surface area contributed by atoms with Crippen LogP contribution in [0.4, 0.5) is 0 Å². The van der Waals surface area contributed by atoms with E-state index in [0.29, 0.717) is 17.5 Å². The lowest BCUT2D eigenvalue weighted by Gasteiger charge is -2.09.